The minimum absolute atomic E-state index is 0.169. The first-order chi connectivity index (χ1) is 11.3. The molecule has 2 N–H and O–H groups in total. The highest BCUT2D eigenvalue weighted by atomic mass is 16.1. The lowest BCUT2D eigenvalue weighted by Crippen LogP contribution is -2.39. The smallest absolute Gasteiger partial charge is 0.220 e. The average Bonchev–Trinajstić information content (AvgIpc) is 2.99. The van der Waals surface area contributed by atoms with Gasteiger partial charge < -0.3 is 15.2 Å². The first-order valence-electron chi connectivity index (χ1n) is 9.21. The lowest BCUT2D eigenvalue weighted by molar-refractivity contribution is -0.122. The standard InChI is InChI=1S/C17H27N5O/c23-17(10-12-8-13-5-6-14(9-12)19-13)18-11-16-21-20-15-4-2-1-3-7-22(15)16/h12-14,19H,1-11H2,(H,18,23). The molecule has 23 heavy (non-hydrogen) atoms. The summed E-state index contributed by atoms with van der Waals surface area (Å²) in [6.45, 7) is 1.51. The fourth-order valence-electron chi connectivity index (χ4n) is 4.53. The highest BCUT2D eigenvalue weighted by Crippen LogP contribution is 2.32. The highest BCUT2D eigenvalue weighted by Gasteiger charge is 2.34. The maximum Gasteiger partial charge on any atom is 0.220 e. The van der Waals surface area contributed by atoms with Crippen molar-refractivity contribution < 1.29 is 4.79 Å². The molecule has 2 atom stereocenters. The number of piperidine rings is 1. The van der Waals surface area contributed by atoms with Crippen LogP contribution in [0.15, 0.2) is 0 Å². The van der Waals surface area contributed by atoms with Crippen LogP contribution in [-0.2, 0) is 24.3 Å². The first kappa shape index (κ1) is 15.1. The number of aryl methyl sites for hydroxylation is 1. The quantitative estimate of drug-likeness (QED) is 0.883. The molecule has 4 heterocycles. The molecule has 126 valence electrons. The van der Waals surface area contributed by atoms with Gasteiger partial charge in [-0.2, -0.15) is 0 Å². The van der Waals surface area contributed by atoms with E-state index in [1.165, 1.54) is 32.1 Å². The Morgan fingerprint density at radius 3 is 2.83 bits per heavy atom. The van der Waals surface area contributed by atoms with Crippen molar-refractivity contribution in [3.05, 3.63) is 11.6 Å². The van der Waals surface area contributed by atoms with E-state index in [-0.39, 0.29) is 5.91 Å². The van der Waals surface area contributed by atoms with Crippen molar-refractivity contribution in [2.75, 3.05) is 0 Å². The van der Waals surface area contributed by atoms with E-state index in [1.807, 2.05) is 0 Å². The summed E-state index contributed by atoms with van der Waals surface area (Å²) in [7, 11) is 0. The summed E-state index contributed by atoms with van der Waals surface area (Å²) in [6, 6.07) is 1.30. The molecule has 2 fully saturated rings. The third kappa shape index (κ3) is 3.42. The molecule has 2 saturated heterocycles. The Morgan fingerprint density at radius 2 is 2.00 bits per heavy atom. The van der Waals surface area contributed by atoms with Crippen molar-refractivity contribution in [2.45, 2.75) is 83.0 Å². The maximum absolute atomic E-state index is 12.3. The van der Waals surface area contributed by atoms with E-state index in [4.69, 9.17) is 0 Å². The van der Waals surface area contributed by atoms with E-state index in [1.54, 1.807) is 0 Å². The summed E-state index contributed by atoms with van der Waals surface area (Å²) >= 11 is 0. The molecule has 2 bridgehead atoms. The predicted octanol–water partition coefficient (Wildman–Crippen LogP) is 1.54. The Bertz CT molecular complexity index is 557. The van der Waals surface area contributed by atoms with Crippen molar-refractivity contribution in [3.8, 4) is 0 Å². The largest absolute Gasteiger partial charge is 0.349 e. The van der Waals surface area contributed by atoms with Gasteiger partial charge in [-0.05, 0) is 44.4 Å². The van der Waals surface area contributed by atoms with E-state index in [9.17, 15) is 4.79 Å². The first-order valence-corrected chi connectivity index (χ1v) is 9.21. The summed E-state index contributed by atoms with van der Waals surface area (Å²) < 4.78 is 2.21. The number of fused-ring (bicyclic) bond motifs is 3. The molecular weight excluding hydrogens is 290 g/mol. The third-order valence-electron chi connectivity index (χ3n) is 5.67. The Hall–Kier alpha value is -1.43. The summed E-state index contributed by atoms with van der Waals surface area (Å²) in [4.78, 5) is 12.3. The SMILES string of the molecule is O=C(CC1CC2CCC(C1)N2)NCc1nnc2n1CCCCC2. The molecule has 1 aromatic rings. The summed E-state index contributed by atoms with van der Waals surface area (Å²) in [5.41, 5.74) is 0. The normalized spacial score (nSPS) is 29.8. The monoisotopic (exact) mass is 317 g/mol. The lowest BCUT2D eigenvalue weighted by Gasteiger charge is -2.28. The van der Waals surface area contributed by atoms with E-state index in [2.05, 4.69) is 25.4 Å². The van der Waals surface area contributed by atoms with E-state index in [0.717, 1.165) is 37.5 Å². The predicted molar refractivity (Wildman–Crippen MR) is 86.7 cm³/mol. The molecule has 0 saturated carbocycles. The van der Waals surface area contributed by atoms with Crippen molar-refractivity contribution >= 4 is 5.91 Å². The van der Waals surface area contributed by atoms with Crippen LogP contribution in [0.4, 0.5) is 0 Å². The Morgan fingerprint density at radius 1 is 1.17 bits per heavy atom. The zero-order valence-electron chi connectivity index (χ0n) is 13.8. The van der Waals surface area contributed by atoms with Gasteiger partial charge in [-0.25, -0.2) is 0 Å². The Balaban J connectivity index is 1.29. The lowest BCUT2D eigenvalue weighted by atomic mass is 9.89. The number of carbonyl (C=O) groups is 1. The number of hydrogen-bond acceptors (Lipinski definition) is 4. The van der Waals surface area contributed by atoms with Gasteiger partial charge in [-0.1, -0.05) is 6.42 Å². The van der Waals surface area contributed by atoms with Crippen LogP contribution in [0.25, 0.3) is 0 Å². The summed E-state index contributed by atoms with van der Waals surface area (Å²) in [6.07, 6.45) is 10.2. The number of hydrogen-bond donors (Lipinski definition) is 2. The van der Waals surface area contributed by atoms with Crippen LogP contribution in [0.5, 0.6) is 0 Å². The van der Waals surface area contributed by atoms with Crippen LogP contribution in [0, 0.1) is 5.92 Å². The summed E-state index contributed by atoms with van der Waals surface area (Å²) in [5, 5.41) is 15.3. The molecule has 3 aliphatic heterocycles. The van der Waals surface area contributed by atoms with Crippen molar-refractivity contribution in [2.24, 2.45) is 5.92 Å². The minimum Gasteiger partial charge on any atom is -0.349 e. The highest BCUT2D eigenvalue weighted by molar-refractivity contribution is 5.76. The fraction of sp³-hybridized carbons (Fsp3) is 0.824. The van der Waals surface area contributed by atoms with Gasteiger partial charge in [0.15, 0.2) is 5.82 Å². The van der Waals surface area contributed by atoms with Gasteiger partial charge in [0.05, 0.1) is 6.54 Å². The molecule has 0 aliphatic carbocycles. The van der Waals surface area contributed by atoms with E-state index >= 15 is 0 Å². The van der Waals surface area contributed by atoms with Crippen LogP contribution < -0.4 is 10.6 Å². The van der Waals surface area contributed by atoms with Gasteiger partial charge in [-0.3, -0.25) is 4.79 Å². The van der Waals surface area contributed by atoms with Gasteiger partial charge in [0.25, 0.3) is 0 Å². The second-order valence-electron chi connectivity index (χ2n) is 7.45. The van der Waals surface area contributed by atoms with Crippen LogP contribution in [0.1, 0.15) is 63.0 Å². The van der Waals surface area contributed by atoms with E-state index < -0.39 is 0 Å². The van der Waals surface area contributed by atoms with Crippen LogP contribution >= 0.6 is 0 Å². The number of aromatic nitrogens is 3. The minimum atomic E-state index is 0.169. The number of carbonyl (C=O) groups excluding carboxylic acids is 1. The van der Waals surface area contributed by atoms with Crippen LogP contribution in [0.3, 0.4) is 0 Å². The number of amides is 1. The molecule has 0 radical (unpaired) electrons. The fourth-order valence-corrected chi connectivity index (χ4v) is 4.53. The van der Waals surface area contributed by atoms with Gasteiger partial charge in [0.1, 0.15) is 5.82 Å². The number of rotatable bonds is 4. The topological polar surface area (TPSA) is 71.8 Å². The molecule has 6 heteroatoms. The third-order valence-corrected chi connectivity index (χ3v) is 5.67. The molecule has 4 rings (SSSR count). The molecule has 3 aliphatic rings. The second-order valence-corrected chi connectivity index (χ2v) is 7.45. The second kappa shape index (κ2) is 6.59. The molecule has 2 unspecified atom stereocenters. The average molecular weight is 317 g/mol. The molecular formula is C17H27N5O. The Labute approximate surface area is 137 Å². The van der Waals surface area contributed by atoms with Gasteiger partial charge in [-0.15, -0.1) is 10.2 Å². The van der Waals surface area contributed by atoms with Crippen LogP contribution in [0.2, 0.25) is 0 Å². The number of nitrogens with zero attached hydrogens (tertiary/aromatic N) is 3. The van der Waals surface area contributed by atoms with Crippen molar-refractivity contribution in [3.63, 3.8) is 0 Å². The molecule has 1 aromatic heterocycles. The molecule has 6 nitrogen and oxygen atoms in total. The molecule has 0 spiro atoms. The summed E-state index contributed by atoms with van der Waals surface area (Å²) in [5.74, 6) is 2.72. The number of nitrogens with one attached hydrogen (secondary N) is 2. The maximum atomic E-state index is 12.3. The van der Waals surface area contributed by atoms with Crippen molar-refractivity contribution in [1.82, 2.24) is 25.4 Å². The Kier molecular flexibility index (Phi) is 4.33. The van der Waals surface area contributed by atoms with Gasteiger partial charge >= 0.3 is 0 Å². The van der Waals surface area contributed by atoms with Crippen molar-refractivity contribution in [1.29, 1.82) is 0 Å². The van der Waals surface area contributed by atoms with Crippen LogP contribution in [-0.4, -0.2) is 32.8 Å². The zero-order valence-corrected chi connectivity index (χ0v) is 13.8. The zero-order chi connectivity index (χ0) is 15.6. The molecule has 1 amide bonds. The van der Waals surface area contributed by atoms with Gasteiger partial charge in [0, 0.05) is 31.5 Å². The van der Waals surface area contributed by atoms with E-state index in [0.29, 0.717) is 31.0 Å². The van der Waals surface area contributed by atoms with Gasteiger partial charge in [0.2, 0.25) is 5.91 Å². The molecule has 0 aromatic carbocycles.